The minimum absolute atomic E-state index is 0.611. The zero-order chi connectivity index (χ0) is 8.20. The van der Waals surface area contributed by atoms with Gasteiger partial charge < -0.3 is 24.5 Å². The molecule has 0 aliphatic heterocycles. The molecule has 6 nitrogen and oxygen atoms in total. The number of aliphatic hydroxyl groups is 2. The first-order valence-electron chi connectivity index (χ1n) is 2.43. The normalized spacial score (nSPS) is 20.0. The summed E-state index contributed by atoms with van der Waals surface area (Å²) in [4.78, 5) is 17.8. The predicted molar refractivity (Wildman–Crippen MR) is 28.9 cm³/mol. The molecule has 0 aliphatic rings. The highest BCUT2D eigenvalue weighted by atomic mass is 31.2. The monoisotopic (exact) mass is 171 g/mol. The molecule has 3 N–H and O–H groups in total. The van der Waals surface area contributed by atoms with Crippen LogP contribution >= 0.6 is 7.82 Å². The molecule has 2 atom stereocenters. The van der Waals surface area contributed by atoms with Crippen molar-refractivity contribution >= 4 is 7.82 Å². The fourth-order valence-corrected chi connectivity index (χ4v) is 0.593. The van der Waals surface area contributed by atoms with E-state index in [2.05, 4.69) is 4.52 Å². The van der Waals surface area contributed by atoms with Gasteiger partial charge in [0.05, 0.1) is 13.2 Å². The van der Waals surface area contributed by atoms with Gasteiger partial charge >= 0.3 is 0 Å². The Bertz CT molecular complexity index is 129. The van der Waals surface area contributed by atoms with Gasteiger partial charge in [0, 0.05) is 0 Å². The van der Waals surface area contributed by atoms with Crippen LogP contribution in [0.4, 0.5) is 0 Å². The minimum atomic E-state index is -4.75. The summed E-state index contributed by atoms with van der Waals surface area (Å²) in [5.74, 6) is 0. The van der Waals surface area contributed by atoms with Gasteiger partial charge in [0.1, 0.15) is 6.10 Å². The van der Waals surface area contributed by atoms with Crippen LogP contribution in [0, 0.1) is 0 Å². The van der Waals surface area contributed by atoms with Gasteiger partial charge in [-0.25, -0.2) is 0 Å². The van der Waals surface area contributed by atoms with Crippen molar-refractivity contribution in [1.29, 1.82) is 0 Å². The van der Waals surface area contributed by atoms with Gasteiger partial charge in [-0.2, -0.15) is 0 Å². The number of aliphatic hydroxyl groups excluding tert-OH is 2. The van der Waals surface area contributed by atoms with Crippen molar-refractivity contribution in [2.45, 2.75) is 6.10 Å². The Kier molecular flexibility index (Phi) is 4.04. The van der Waals surface area contributed by atoms with Gasteiger partial charge in [-0.15, -0.1) is 0 Å². The highest BCUT2D eigenvalue weighted by molar-refractivity contribution is 7.44. The molecule has 0 fully saturated rings. The maximum atomic E-state index is 9.82. The van der Waals surface area contributed by atoms with Crippen LogP contribution < -0.4 is 4.89 Å². The fraction of sp³-hybridized carbons (Fsp3) is 1.00. The van der Waals surface area contributed by atoms with Gasteiger partial charge in [0.25, 0.3) is 7.82 Å². The van der Waals surface area contributed by atoms with E-state index in [1.165, 1.54) is 0 Å². The number of rotatable bonds is 4. The van der Waals surface area contributed by atoms with Crippen molar-refractivity contribution in [2.24, 2.45) is 0 Å². The Labute approximate surface area is 57.3 Å². The van der Waals surface area contributed by atoms with Crippen molar-refractivity contribution < 1.29 is 29.1 Å². The highest BCUT2D eigenvalue weighted by Crippen LogP contribution is 2.29. The number of hydrogen-bond acceptors (Lipinski definition) is 5. The van der Waals surface area contributed by atoms with E-state index in [1.54, 1.807) is 0 Å². The van der Waals surface area contributed by atoms with Gasteiger partial charge in [-0.1, -0.05) is 0 Å². The van der Waals surface area contributed by atoms with Crippen molar-refractivity contribution in [2.75, 3.05) is 13.2 Å². The molecule has 0 aromatic rings. The lowest BCUT2D eigenvalue weighted by Crippen LogP contribution is -2.20. The van der Waals surface area contributed by atoms with E-state index in [0.717, 1.165) is 0 Å². The molecule has 2 unspecified atom stereocenters. The molecule has 0 saturated heterocycles. The van der Waals surface area contributed by atoms with E-state index in [0.29, 0.717) is 0 Å². The van der Waals surface area contributed by atoms with Crippen LogP contribution in [0.1, 0.15) is 0 Å². The Morgan fingerprint density at radius 2 is 2.20 bits per heavy atom. The average Bonchev–Trinajstić information content (AvgIpc) is 1.81. The third kappa shape index (κ3) is 6.15. The number of hydrogen-bond donors (Lipinski definition) is 3. The standard InChI is InChI=1S/C3H9O6P/c4-1-3(5)2-9-10(6,7)8/h3-5H,1-2H2,(H2,6,7,8)/p-1. The summed E-state index contributed by atoms with van der Waals surface area (Å²) >= 11 is 0. The molecular weight excluding hydrogens is 163 g/mol. The molecule has 0 bridgehead atoms. The second-order valence-corrected chi connectivity index (χ2v) is 2.80. The first kappa shape index (κ1) is 10.0. The summed E-state index contributed by atoms with van der Waals surface area (Å²) in [5, 5.41) is 16.6. The average molecular weight is 171 g/mol. The van der Waals surface area contributed by atoms with E-state index in [-0.39, 0.29) is 0 Å². The highest BCUT2D eigenvalue weighted by Gasteiger charge is 2.06. The molecule has 0 rings (SSSR count). The third-order valence-corrected chi connectivity index (χ3v) is 1.12. The lowest BCUT2D eigenvalue weighted by atomic mass is 10.4. The molecule has 0 aliphatic carbocycles. The van der Waals surface area contributed by atoms with E-state index in [1.807, 2.05) is 0 Å². The molecule has 10 heavy (non-hydrogen) atoms. The van der Waals surface area contributed by atoms with Crippen LogP contribution in [-0.4, -0.2) is 34.4 Å². The summed E-state index contributed by atoms with van der Waals surface area (Å²) in [6.45, 7) is -1.24. The second-order valence-electron chi connectivity index (χ2n) is 1.60. The van der Waals surface area contributed by atoms with E-state index >= 15 is 0 Å². The van der Waals surface area contributed by atoms with E-state index in [9.17, 15) is 9.46 Å². The molecule has 0 heterocycles. The van der Waals surface area contributed by atoms with Crippen LogP contribution in [0.25, 0.3) is 0 Å². The Hall–Kier alpha value is 0.0300. The molecule has 0 spiro atoms. The summed E-state index contributed by atoms with van der Waals surface area (Å²) in [5.41, 5.74) is 0. The fourth-order valence-electron chi connectivity index (χ4n) is 0.233. The van der Waals surface area contributed by atoms with E-state index < -0.39 is 27.1 Å². The molecule has 0 saturated carbocycles. The minimum Gasteiger partial charge on any atom is -0.756 e. The van der Waals surface area contributed by atoms with Crippen molar-refractivity contribution in [3.05, 3.63) is 0 Å². The van der Waals surface area contributed by atoms with Crippen molar-refractivity contribution in [1.82, 2.24) is 0 Å². The lowest BCUT2D eigenvalue weighted by Gasteiger charge is -2.16. The Morgan fingerprint density at radius 1 is 1.70 bits per heavy atom. The summed E-state index contributed by atoms with van der Waals surface area (Å²) in [6, 6.07) is 0. The molecule has 0 aromatic heterocycles. The summed E-state index contributed by atoms with van der Waals surface area (Å²) < 4.78 is 13.5. The molecule has 0 radical (unpaired) electrons. The smallest absolute Gasteiger partial charge is 0.265 e. The number of phosphoric acid groups is 1. The van der Waals surface area contributed by atoms with E-state index in [4.69, 9.17) is 15.1 Å². The Balaban J connectivity index is 3.46. The molecule has 62 valence electrons. The quantitative estimate of drug-likeness (QED) is 0.414. The molecular formula is C3H8O6P-. The van der Waals surface area contributed by atoms with Crippen molar-refractivity contribution in [3.63, 3.8) is 0 Å². The van der Waals surface area contributed by atoms with Gasteiger partial charge in [-0.3, -0.25) is 4.57 Å². The van der Waals surface area contributed by atoms with Crippen LogP contribution in [-0.2, 0) is 9.09 Å². The molecule has 7 heteroatoms. The maximum absolute atomic E-state index is 9.82. The molecule has 0 amide bonds. The lowest BCUT2D eigenvalue weighted by molar-refractivity contribution is -0.221. The summed E-state index contributed by atoms with van der Waals surface area (Å²) in [6.07, 6.45) is -1.28. The summed E-state index contributed by atoms with van der Waals surface area (Å²) in [7, 11) is -4.75. The predicted octanol–water partition coefficient (Wildman–Crippen LogP) is -2.18. The van der Waals surface area contributed by atoms with Crippen LogP contribution in [0.2, 0.25) is 0 Å². The van der Waals surface area contributed by atoms with Gasteiger partial charge in [-0.05, 0) is 0 Å². The largest absolute Gasteiger partial charge is 0.756 e. The molecule has 0 aromatic carbocycles. The third-order valence-electron chi connectivity index (χ3n) is 0.641. The van der Waals surface area contributed by atoms with Crippen LogP contribution in [0.5, 0.6) is 0 Å². The Morgan fingerprint density at radius 3 is 2.50 bits per heavy atom. The van der Waals surface area contributed by atoms with Gasteiger partial charge in [0.2, 0.25) is 0 Å². The maximum Gasteiger partial charge on any atom is 0.265 e. The first-order valence-corrected chi connectivity index (χ1v) is 3.92. The zero-order valence-corrected chi connectivity index (χ0v) is 5.90. The zero-order valence-electron chi connectivity index (χ0n) is 5.01. The van der Waals surface area contributed by atoms with Crippen LogP contribution in [0.3, 0.4) is 0 Å². The topological polar surface area (TPSA) is 110 Å². The second kappa shape index (κ2) is 4.02. The first-order chi connectivity index (χ1) is 4.45. The SMILES string of the molecule is O=P([O-])(O)OCC(O)CO. The van der Waals surface area contributed by atoms with Gasteiger partial charge in [0.15, 0.2) is 0 Å². The van der Waals surface area contributed by atoms with Crippen LogP contribution in [0.15, 0.2) is 0 Å². The number of phosphoric ester groups is 1. The van der Waals surface area contributed by atoms with Crippen molar-refractivity contribution in [3.8, 4) is 0 Å².